The number of anilines is 3. The van der Waals surface area contributed by atoms with Gasteiger partial charge in [0.2, 0.25) is 0 Å². The van der Waals surface area contributed by atoms with Gasteiger partial charge in [0.15, 0.2) is 0 Å². The van der Waals surface area contributed by atoms with E-state index in [4.69, 9.17) is 4.42 Å². The molecule has 0 saturated carbocycles. The quantitative estimate of drug-likeness (QED) is 0.176. The minimum absolute atomic E-state index is 0.857. The first-order chi connectivity index (χ1) is 25.7. The number of rotatable bonds is 6. The summed E-state index contributed by atoms with van der Waals surface area (Å²) in [5.41, 5.74) is 14.3. The van der Waals surface area contributed by atoms with Gasteiger partial charge in [-0.1, -0.05) is 127 Å². The molecule has 52 heavy (non-hydrogen) atoms. The summed E-state index contributed by atoms with van der Waals surface area (Å²) in [6.07, 6.45) is 0. The van der Waals surface area contributed by atoms with E-state index in [1.165, 1.54) is 44.1 Å². The Bertz CT molecular complexity index is 2750. The van der Waals surface area contributed by atoms with Crippen LogP contribution in [0.3, 0.4) is 0 Å². The second-order valence-electron chi connectivity index (χ2n) is 13.4. The number of hydrogen-bond donors (Lipinski definition) is 0. The van der Waals surface area contributed by atoms with Crippen LogP contribution >= 0.6 is 0 Å². The Morgan fingerprint density at radius 1 is 0.423 bits per heavy atom. The zero-order chi connectivity index (χ0) is 34.6. The van der Waals surface area contributed by atoms with Crippen LogP contribution < -0.4 is 4.90 Å². The predicted octanol–water partition coefficient (Wildman–Crippen LogP) is 13.8. The summed E-state index contributed by atoms with van der Waals surface area (Å²) < 4.78 is 9.22. The van der Waals surface area contributed by atoms with E-state index in [1.54, 1.807) is 0 Å². The SMILES string of the molecule is Cc1ccc(-n2c3ccccc3c3ccccc32)c2c1oc1cc(N(c3ccc(-c4ccccc4)cc3)c3ccc(-c4ccccc4)cc3)ccc12. The van der Waals surface area contributed by atoms with Gasteiger partial charge in [0, 0.05) is 39.3 Å². The molecule has 0 unspecified atom stereocenters. The standard InChI is InChI=1S/C49H34N2O/c1-33-20-31-46(51-44-18-10-8-16-41(44)42-17-9-11-19-45(42)51)48-43-30-29-40(32-47(43)52-49(33)48)50(38-25-21-36(22-26-38)34-12-4-2-5-13-34)39-27-23-37(24-28-39)35-14-6-3-7-15-35/h2-32H,1H3. The summed E-state index contributed by atoms with van der Waals surface area (Å²) in [4.78, 5) is 2.32. The third kappa shape index (κ3) is 4.90. The molecule has 0 fully saturated rings. The minimum atomic E-state index is 0.857. The lowest BCUT2D eigenvalue weighted by atomic mass is 10.0. The van der Waals surface area contributed by atoms with Crippen LogP contribution in [0.15, 0.2) is 192 Å². The lowest BCUT2D eigenvalue weighted by Gasteiger charge is -2.26. The topological polar surface area (TPSA) is 21.3 Å². The van der Waals surface area contributed by atoms with Gasteiger partial charge in [-0.25, -0.2) is 0 Å². The second-order valence-corrected chi connectivity index (χ2v) is 13.4. The van der Waals surface area contributed by atoms with Gasteiger partial charge in [0.1, 0.15) is 11.2 Å². The van der Waals surface area contributed by atoms with Gasteiger partial charge in [-0.05, 0) is 89.3 Å². The van der Waals surface area contributed by atoms with Gasteiger partial charge in [-0.15, -0.1) is 0 Å². The van der Waals surface area contributed by atoms with E-state index in [9.17, 15) is 0 Å². The molecule has 0 aliphatic rings. The molecule has 0 amide bonds. The van der Waals surface area contributed by atoms with Gasteiger partial charge in [-0.2, -0.15) is 0 Å². The maximum absolute atomic E-state index is 6.82. The Kier molecular flexibility index (Phi) is 7.04. The highest BCUT2D eigenvalue weighted by Gasteiger charge is 2.21. The van der Waals surface area contributed by atoms with Crippen LogP contribution in [-0.4, -0.2) is 4.57 Å². The first kappa shape index (κ1) is 30.0. The van der Waals surface area contributed by atoms with Crippen LogP contribution in [0.2, 0.25) is 0 Å². The van der Waals surface area contributed by atoms with Crippen LogP contribution in [-0.2, 0) is 0 Å². The van der Waals surface area contributed by atoms with Gasteiger partial charge in [0.05, 0.1) is 22.1 Å². The largest absolute Gasteiger partial charge is 0.456 e. The van der Waals surface area contributed by atoms with Crippen molar-refractivity contribution in [1.29, 1.82) is 0 Å². The molecular formula is C49H34N2O. The van der Waals surface area contributed by atoms with E-state index in [-0.39, 0.29) is 0 Å². The molecule has 0 spiro atoms. The second kappa shape index (κ2) is 12.2. The third-order valence-corrected chi connectivity index (χ3v) is 10.3. The number of furan rings is 1. The van der Waals surface area contributed by atoms with Crippen molar-refractivity contribution in [2.45, 2.75) is 6.92 Å². The average molecular weight is 667 g/mol. The van der Waals surface area contributed by atoms with E-state index < -0.39 is 0 Å². The van der Waals surface area contributed by atoms with E-state index in [0.29, 0.717) is 0 Å². The molecule has 2 aromatic heterocycles. The minimum Gasteiger partial charge on any atom is -0.456 e. The lowest BCUT2D eigenvalue weighted by molar-refractivity contribution is 0.665. The normalized spacial score (nSPS) is 11.6. The van der Waals surface area contributed by atoms with Crippen molar-refractivity contribution in [2.24, 2.45) is 0 Å². The maximum atomic E-state index is 6.82. The first-order valence-electron chi connectivity index (χ1n) is 17.8. The molecule has 3 heteroatoms. The number of nitrogens with zero attached hydrogens (tertiary/aromatic N) is 2. The highest BCUT2D eigenvalue weighted by molar-refractivity contribution is 6.15. The number of fused-ring (bicyclic) bond motifs is 6. The highest BCUT2D eigenvalue weighted by Crippen LogP contribution is 2.43. The van der Waals surface area contributed by atoms with Gasteiger partial charge >= 0.3 is 0 Å². The zero-order valence-electron chi connectivity index (χ0n) is 28.7. The maximum Gasteiger partial charge on any atom is 0.140 e. The Morgan fingerprint density at radius 3 is 1.46 bits per heavy atom. The van der Waals surface area contributed by atoms with E-state index >= 15 is 0 Å². The fraction of sp³-hybridized carbons (Fsp3) is 0.0204. The fourth-order valence-electron chi connectivity index (χ4n) is 7.80. The average Bonchev–Trinajstić information content (AvgIpc) is 3.76. The molecule has 0 atom stereocenters. The van der Waals surface area contributed by atoms with E-state index in [1.807, 2.05) is 0 Å². The third-order valence-electron chi connectivity index (χ3n) is 10.3. The molecule has 2 heterocycles. The summed E-state index contributed by atoms with van der Waals surface area (Å²) >= 11 is 0. The number of benzene rings is 8. The molecule has 0 bridgehead atoms. The monoisotopic (exact) mass is 666 g/mol. The number of para-hydroxylation sites is 2. The molecule has 10 rings (SSSR count). The molecule has 0 aliphatic carbocycles. The van der Waals surface area contributed by atoms with E-state index in [2.05, 4.69) is 204 Å². The van der Waals surface area contributed by atoms with Gasteiger partial charge in [-0.3, -0.25) is 0 Å². The van der Waals surface area contributed by atoms with Crippen LogP contribution in [0, 0.1) is 6.92 Å². The molecule has 0 N–H and O–H groups in total. The van der Waals surface area contributed by atoms with Crippen molar-refractivity contribution < 1.29 is 4.42 Å². The first-order valence-corrected chi connectivity index (χ1v) is 17.8. The van der Waals surface area contributed by atoms with Crippen molar-refractivity contribution in [3.05, 3.63) is 194 Å². The Balaban J connectivity index is 1.15. The van der Waals surface area contributed by atoms with Crippen LogP contribution in [0.4, 0.5) is 17.1 Å². The summed E-state index contributed by atoms with van der Waals surface area (Å²) in [5.74, 6) is 0. The molecule has 0 aliphatic heterocycles. The van der Waals surface area contributed by atoms with Crippen LogP contribution in [0.25, 0.3) is 71.7 Å². The molecule has 8 aromatic carbocycles. The van der Waals surface area contributed by atoms with Crippen molar-refractivity contribution in [3.63, 3.8) is 0 Å². The summed E-state index contributed by atoms with van der Waals surface area (Å²) in [7, 11) is 0. The molecular weight excluding hydrogens is 633 g/mol. The molecule has 0 saturated heterocycles. The summed E-state index contributed by atoms with van der Waals surface area (Å²) in [5, 5.41) is 4.71. The molecule has 10 aromatic rings. The van der Waals surface area contributed by atoms with Crippen molar-refractivity contribution in [2.75, 3.05) is 4.90 Å². The molecule has 3 nitrogen and oxygen atoms in total. The summed E-state index contributed by atoms with van der Waals surface area (Å²) in [6.45, 7) is 2.14. The van der Waals surface area contributed by atoms with E-state index in [0.717, 1.165) is 50.3 Å². The number of aryl methyl sites for hydroxylation is 1. The smallest absolute Gasteiger partial charge is 0.140 e. The van der Waals surface area contributed by atoms with Crippen molar-refractivity contribution in [3.8, 4) is 27.9 Å². The van der Waals surface area contributed by atoms with Crippen molar-refractivity contribution >= 4 is 60.8 Å². The number of hydrogen-bond acceptors (Lipinski definition) is 2. The molecule has 246 valence electrons. The lowest BCUT2D eigenvalue weighted by Crippen LogP contribution is -2.09. The van der Waals surface area contributed by atoms with Crippen LogP contribution in [0.1, 0.15) is 5.56 Å². The van der Waals surface area contributed by atoms with Crippen molar-refractivity contribution in [1.82, 2.24) is 4.57 Å². The fourth-order valence-corrected chi connectivity index (χ4v) is 7.80. The summed E-state index contributed by atoms with van der Waals surface area (Å²) in [6, 6.07) is 67.1. The Hall–Kier alpha value is -6.84. The molecule has 0 radical (unpaired) electrons. The Labute approximate surface area is 302 Å². The van der Waals surface area contributed by atoms with Gasteiger partial charge in [0.25, 0.3) is 0 Å². The number of aromatic nitrogens is 1. The predicted molar refractivity (Wildman–Crippen MR) is 218 cm³/mol. The zero-order valence-corrected chi connectivity index (χ0v) is 28.7. The highest BCUT2D eigenvalue weighted by atomic mass is 16.3. The Morgan fingerprint density at radius 2 is 0.904 bits per heavy atom. The van der Waals surface area contributed by atoms with Gasteiger partial charge < -0.3 is 13.9 Å². The van der Waals surface area contributed by atoms with Crippen LogP contribution in [0.5, 0.6) is 0 Å².